The molecule has 1 rings (SSSR count). The van der Waals surface area contributed by atoms with E-state index in [-0.39, 0.29) is 24.6 Å². The monoisotopic (exact) mass is 320 g/mol. The van der Waals surface area contributed by atoms with E-state index in [4.69, 9.17) is 28.3 Å². The first-order valence-electron chi connectivity index (χ1n) is 5.88. The van der Waals surface area contributed by atoms with Gasteiger partial charge in [0.25, 0.3) is 0 Å². The number of aliphatic hydroxyl groups excluding tert-OH is 1. The van der Waals surface area contributed by atoms with Crippen molar-refractivity contribution in [1.29, 1.82) is 0 Å². The molecule has 3 N–H and O–H groups in total. The Hall–Kier alpha value is -1.30. The molecule has 0 bridgehead atoms. The van der Waals surface area contributed by atoms with Crippen molar-refractivity contribution in [2.45, 2.75) is 12.5 Å². The Bertz CT molecular complexity index is 497. The van der Waals surface area contributed by atoms with Gasteiger partial charge in [-0.05, 0) is 11.6 Å². The van der Waals surface area contributed by atoms with E-state index in [9.17, 15) is 9.18 Å². The number of urea groups is 1. The predicted molar refractivity (Wildman–Crippen MR) is 77.7 cm³/mol. The molecule has 0 saturated heterocycles. The summed E-state index contributed by atoms with van der Waals surface area (Å²) in [4.78, 5) is 11.6. The van der Waals surface area contributed by atoms with Crippen LogP contribution in [0.1, 0.15) is 18.0 Å². The first kappa shape index (κ1) is 16.8. The van der Waals surface area contributed by atoms with Gasteiger partial charge in [0.1, 0.15) is 0 Å². The number of aliphatic hydroxyl groups is 1. The molecule has 0 heterocycles. The number of hydrogen-bond acceptors (Lipinski definition) is 2. The minimum absolute atomic E-state index is 0.0956. The molecule has 110 valence electrons. The highest BCUT2D eigenvalue weighted by Crippen LogP contribution is 2.32. The summed E-state index contributed by atoms with van der Waals surface area (Å²) in [7, 11) is 0. The topological polar surface area (TPSA) is 61.4 Å². The number of carbonyl (C=O) groups excluding carboxylic acids is 1. The van der Waals surface area contributed by atoms with E-state index in [1.807, 2.05) is 0 Å². The van der Waals surface area contributed by atoms with Gasteiger partial charge in [0.2, 0.25) is 0 Å². The maximum Gasteiger partial charge on any atom is 0.315 e. The van der Waals surface area contributed by atoms with Gasteiger partial charge in [-0.15, -0.1) is 0 Å². The standard InChI is InChI=1S/C13H15Cl2FN2O2/c1-8(16)7-11(18-13(20)17-5-6-19)9-3-2-4-10(14)12(9)15/h2-4,11,19H,1,5-7H2,(H2,17,18,20). The number of amides is 2. The Balaban J connectivity index is 2.91. The first-order chi connectivity index (χ1) is 9.45. The van der Waals surface area contributed by atoms with Crippen molar-refractivity contribution in [3.63, 3.8) is 0 Å². The second kappa shape index (κ2) is 8.09. The lowest BCUT2D eigenvalue weighted by Gasteiger charge is -2.20. The Morgan fingerprint density at radius 2 is 2.15 bits per heavy atom. The average Bonchev–Trinajstić information content (AvgIpc) is 2.38. The van der Waals surface area contributed by atoms with Gasteiger partial charge < -0.3 is 15.7 Å². The lowest BCUT2D eigenvalue weighted by molar-refractivity contribution is 0.230. The summed E-state index contributed by atoms with van der Waals surface area (Å²) in [5, 5.41) is 14.2. The molecule has 0 aliphatic rings. The fraction of sp³-hybridized carbons (Fsp3) is 0.308. The number of nitrogens with one attached hydrogen (secondary N) is 2. The van der Waals surface area contributed by atoms with Crippen LogP contribution in [0, 0.1) is 0 Å². The molecule has 1 atom stereocenters. The van der Waals surface area contributed by atoms with E-state index in [2.05, 4.69) is 17.2 Å². The van der Waals surface area contributed by atoms with E-state index >= 15 is 0 Å². The zero-order chi connectivity index (χ0) is 15.1. The van der Waals surface area contributed by atoms with E-state index in [1.54, 1.807) is 18.2 Å². The SMILES string of the molecule is C=C(F)CC(NC(=O)NCCO)c1cccc(Cl)c1Cl. The summed E-state index contributed by atoms with van der Waals surface area (Å²) in [5.74, 6) is -0.589. The molecule has 4 nitrogen and oxygen atoms in total. The molecule has 0 fully saturated rings. The fourth-order valence-corrected chi connectivity index (χ4v) is 2.07. The van der Waals surface area contributed by atoms with Crippen LogP contribution in [-0.2, 0) is 0 Å². The molecule has 1 unspecified atom stereocenters. The number of carbonyl (C=O) groups is 1. The molecule has 1 aromatic carbocycles. The fourth-order valence-electron chi connectivity index (χ4n) is 1.63. The highest BCUT2D eigenvalue weighted by molar-refractivity contribution is 6.42. The van der Waals surface area contributed by atoms with Crippen LogP contribution in [0.3, 0.4) is 0 Å². The van der Waals surface area contributed by atoms with Crippen LogP contribution in [0.5, 0.6) is 0 Å². The van der Waals surface area contributed by atoms with Crippen LogP contribution in [0.4, 0.5) is 9.18 Å². The molecule has 0 aliphatic heterocycles. The maximum atomic E-state index is 13.1. The molecule has 0 saturated carbocycles. The van der Waals surface area contributed by atoms with Gasteiger partial charge in [-0.3, -0.25) is 0 Å². The van der Waals surface area contributed by atoms with Gasteiger partial charge in [0.05, 0.1) is 28.5 Å². The molecule has 0 spiro atoms. The van der Waals surface area contributed by atoms with Crippen molar-refractivity contribution >= 4 is 29.2 Å². The molecule has 0 aromatic heterocycles. The largest absolute Gasteiger partial charge is 0.395 e. The molecular formula is C13H15Cl2FN2O2. The lowest BCUT2D eigenvalue weighted by atomic mass is 10.0. The van der Waals surface area contributed by atoms with Crippen LogP contribution in [0.15, 0.2) is 30.6 Å². The number of halogens is 3. The summed E-state index contributed by atoms with van der Waals surface area (Å²) in [6.07, 6.45) is -0.118. The Labute approximate surface area is 126 Å². The number of hydrogen-bond donors (Lipinski definition) is 3. The summed E-state index contributed by atoms with van der Waals surface area (Å²) >= 11 is 12.0. The van der Waals surface area contributed by atoms with Crippen LogP contribution < -0.4 is 10.6 Å². The molecule has 7 heteroatoms. The Morgan fingerprint density at radius 3 is 2.75 bits per heavy atom. The van der Waals surface area contributed by atoms with E-state index in [0.717, 1.165) is 0 Å². The van der Waals surface area contributed by atoms with Gasteiger partial charge in [-0.1, -0.05) is 41.9 Å². The summed E-state index contributed by atoms with van der Waals surface area (Å²) in [6, 6.07) is 3.67. The lowest BCUT2D eigenvalue weighted by Crippen LogP contribution is -2.39. The molecule has 2 amide bonds. The van der Waals surface area contributed by atoms with Crippen LogP contribution in [-0.4, -0.2) is 24.3 Å². The molecular weight excluding hydrogens is 306 g/mol. The van der Waals surface area contributed by atoms with Crippen LogP contribution >= 0.6 is 23.2 Å². The smallest absolute Gasteiger partial charge is 0.315 e. The van der Waals surface area contributed by atoms with Crippen molar-refractivity contribution in [3.8, 4) is 0 Å². The minimum Gasteiger partial charge on any atom is -0.395 e. The highest BCUT2D eigenvalue weighted by atomic mass is 35.5. The predicted octanol–water partition coefficient (Wildman–Crippen LogP) is 3.20. The third kappa shape index (κ3) is 5.00. The van der Waals surface area contributed by atoms with Crippen molar-refractivity contribution in [1.82, 2.24) is 10.6 Å². The summed E-state index contributed by atoms with van der Waals surface area (Å²) in [6.45, 7) is 3.09. The normalized spacial score (nSPS) is 11.8. The second-order valence-corrected chi connectivity index (χ2v) is 4.83. The zero-order valence-corrected chi connectivity index (χ0v) is 12.1. The first-order valence-corrected chi connectivity index (χ1v) is 6.63. The third-order valence-corrected chi connectivity index (χ3v) is 3.32. The zero-order valence-electron chi connectivity index (χ0n) is 10.6. The molecule has 20 heavy (non-hydrogen) atoms. The molecule has 1 aromatic rings. The number of benzene rings is 1. The van der Waals surface area contributed by atoms with Gasteiger partial charge in [0.15, 0.2) is 0 Å². The van der Waals surface area contributed by atoms with Crippen LogP contribution in [0.25, 0.3) is 0 Å². The van der Waals surface area contributed by atoms with Gasteiger partial charge in [-0.2, -0.15) is 0 Å². The Morgan fingerprint density at radius 1 is 1.45 bits per heavy atom. The minimum atomic E-state index is -0.697. The number of rotatable bonds is 6. The van der Waals surface area contributed by atoms with Crippen molar-refractivity contribution < 1.29 is 14.3 Å². The van der Waals surface area contributed by atoms with E-state index in [1.165, 1.54) is 0 Å². The molecule has 0 radical (unpaired) electrons. The average molecular weight is 321 g/mol. The third-order valence-electron chi connectivity index (χ3n) is 2.49. The summed E-state index contributed by atoms with van der Waals surface area (Å²) < 4.78 is 13.1. The summed E-state index contributed by atoms with van der Waals surface area (Å²) in [5.41, 5.74) is 0.497. The van der Waals surface area contributed by atoms with Crippen molar-refractivity contribution in [2.75, 3.05) is 13.2 Å². The van der Waals surface area contributed by atoms with Crippen molar-refractivity contribution in [3.05, 3.63) is 46.2 Å². The van der Waals surface area contributed by atoms with Gasteiger partial charge in [-0.25, -0.2) is 9.18 Å². The van der Waals surface area contributed by atoms with E-state index < -0.39 is 17.9 Å². The Kier molecular flexibility index (Phi) is 6.78. The van der Waals surface area contributed by atoms with Gasteiger partial charge >= 0.3 is 6.03 Å². The maximum absolute atomic E-state index is 13.1. The molecule has 0 aliphatic carbocycles. The second-order valence-electron chi connectivity index (χ2n) is 4.04. The van der Waals surface area contributed by atoms with Crippen molar-refractivity contribution in [2.24, 2.45) is 0 Å². The highest BCUT2D eigenvalue weighted by Gasteiger charge is 2.19. The van der Waals surface area contributed by atoms with Crippen LogP contribution in [0.2, 0.25) is 10.0 Å². The van der Waals surface area contributed by atoms with Gasteiger partial charge in [0, 0.05) is 13.0 Å². The van der Waals surface area contributed by atoms with E-state index in [0.29, 0.717) is 10.6 Å². The quantitative estimate of drug-likeness (QED) is 0.753.